The second-order valence-corrected chi connectivity index (χ2v) is 6.16. The Morgan fingerprint density at radius 1 is 1.00 bits per heavy atom. The number of aliphatic hydroxyl groups excluding tert-OH is 1. The van der Waals surface area contributed by atoms with Crippen LogP contribution in [0.2, 0.25) is 0 Å². The number of halogens is 1. The van der Waals surface area contributed by atoms with E-state index in [2.05, 4.69) is 32.9 Å². The van der Waals surface area contributed by atoms with Crippen LogP contribution in [0, 0.1) is 5.82 Å². The third-order valence-corrected chi connectivity index (χ3v) is 3.39. The zero-order valence-electron chi connectivity index (χ0n) is 12.7. The highest BCUT2D eigenvalue weighted by Crippen LogP contribution is 2.23. The van der Waals surface area contributed by atoms with Gasteiger partial charge in [0.15, 0.2) is 11.6 Å². The molecule has 0 fully saturated rings. The fraction of sp³-hybridized carbons (Fsp3) is 0.333. The Labute approximate surface area is 125 Å². The summed E-state index contributed by atoms with van der Waals surface area (Å²) in [5.74, 6) is -0.250. The van der Waals surface area contributed by atoms with E-state index in [4.69, 9.17) is 9.84 Å². The van der Waals surface area contributed by atoms with Crippen LogP contribution in [0.15, 0.2) is 42.5 Å². The van der Waals surface area contributed by atoms with Gasteiger partial charge in [-0.15, -0.1) is 0 Å². The Balaban J connectivity index is 2.03. The van der Waals surface area contributed by atoms with Gasteiger partial charge in [-0.1, -0.05) is 51.1 Å². The lowest BCUT2D eigenvalue weighted by Gasteiger charge is -2.19. The van der Waals surface area contributed by atoms with Crippen LogP contribution < -0.4 is 4.74 Å². The predicted molar refractivity (Wildman–Crippen MR) is 81.8 cm³/mol. The van der Waals surface area contributed by atoms with Crippen molar-refractivity contribution in [2.45, 2.75) is 39.4 Å². The van der Waals surface area contributed by atoms with Crippen LogP contribution in [-0.2, 0) is 18.6 Å². The molecular formula is C18H21FO2. The van der Waals surface area contributed by atoms with E-state index in [1.54, 1.807) is 12.1 Å². The molecule has 0 heterocycles. The highest BCUT2D eigenvalue weighted by molar-refractivity contribution is 5.30. The molecular weight excluding hydrogens is 267 g/mol. The lowest BCUT2D eigenvalue weighted by Crippen LogP contribution is -2.10. The van der Waals surface area contributed by atoms with Gasteiger partial charge in [-0.3, -0.25) is 0 Å². The van der Waals surface area contributed by atoms with Crippen molar-refractivity contribution in [2.75, 3.05) is 0 Å². The van der Waals surface area contributed by atoms with Crippen molar-refractivity contribution >= 4 is 0 Å². The first-order valence-corrected chi connectivity index (χ1v) is 7.01. The van der Waals surface area contributed by atoms with Crippen LogP contribution in [0.3, 0.4) is 0 Å². The van der Waals surface area contributed by atoms with E-state index in [0.29, 0.717) is 12.2 Å². The maximum Gasteiger partial charge on any atom is 0.165 e. The molecule has 0 unspecified atom stereocenters. The number of benzene rings is 2. The molecule has 2 aromatic carbocycles. The molecule has 0 bridgehead atoms. The summed E-state index contributed by atoms with van der Waals surface area (Å²) in [7, 11) is 0. The molecule has 0 aliphatic heterocycles. The summed E-state index contributed by atoms with van der Waals surface area (Å²) in [5, 5.41) is 8.94. The second-order valence-electron chi connectivity index (χ2n) is 6.16. The van der Waals surface area contributed by atoms with E-state index in [-0.39, 0.29) is 17.8 Å². The van der Waals surface area contributed by atoms with E-state index in [1.165, 1.54) is 11.6 Å². The van der Waals surface area contributed by atoms with Crippen molar-refractivity contribution in [2.24, 2.45) is 0 Å². The molecule has 0 radical (unpaired) electrons. The Bertz CT molecular complexity index is 598. The van der Waals surface area contributed by atoms with Gasteiger partial charge in [0.25, 0.3) is 0 Å². The highest BCUT2D eigenvalue weighted by atomic mass is 19.1. The third-order valence-electron chi connectivity index (χ3n) is 3.39. The Hall–Kier alpha value is -1.87. The first-order valence-electron chi connectivity index (χ1n) is 7.01. The third kappa shape index (κ3) is 4.05. The molecule has 0 aliphatic carbocycles. The van der Waals surface area contributed by atoms with Gasteiger partial charge < -0.3 is 9.84 Å². The van der Waals surface area contributed by atoms with Crippen molar-refractivity contribution < 1.29 is 14.2 Å². The molecule has 1 N–H and O–H groups in total. The van der Waals surface area contributed by atoms with Crippen molar-refractivity contribution in [1.82, 2.24) is 0 Å². The highest BCUT2D eigenvalue weighted by Gasteiger charge is 2.13. The zero-order chi connectivity index (χ0) is 15.5. The van der Waals surface area contributed by atoms with E-state index in [1.807, 2.05) is 12.1 Å². The summed E-state index contributed by atoms with van der Waals surface area (Å²) in [4.78, 5) is 0. The molecule has 0 spiro atoms. The number of hydrogen-bond donors (Lipinski definition) is 1. The van der Waals surface area contributed by atoms with Crippen LogP contribution in [0.25, 0.3) is 0 Å². The molecule has 0 aliphatic rings. The molecule has 2 aromatic rings. The maximum atomic E-state index is 13.7. The molecule has 3 heteroatoms. The van der Waals surface area contributed by atoms with Crippen molar-refractivity contribution in [3.8, 4) is 5.75 Å². The minimum absolute atomic E-state index is 0.117. The van der Waals surface area contributed by atoms with Gasteiger partial charge in [-0.2, -0.15) is 0 Å². The molecule has 0 saturated carbocycles. The van der Waals surface area contributed by atoms with E-state index >= 15 is 0 Å². The SMILES string of the molecule is CC(C)(C)c1ccc(COc2ccc(CO)cc2F)cc1. The first kappa shape index (κ1) is 15.5. The molecule has 0 aromatic heterocycles. The van der Waals surface area contributed by atoms with Crippen LogP contribution >= 0.6 is 0 Å². The van der Waals surface area contributed by atoms with Gasteiger partial charge in [0.2, 0.25) is 0 Å². The van der Waals surface area contributed by atoms with Crippen LogP contribution in [0.4, 0.5) is 4.39 Å². The minimum Gasteiger partial charge on any atom is -0.486 e. The average Bonchev–Trinajstić information content (AvgIpc) is 2.45. The number of ether oxygens (including phenoxy) is 1. The Morgan fingerprint density at radius 3 is 2.14 bits per heavy atom. The monoisotopic (exact) mass is 288 g/mol. The quantitative estimate of drug-likeness (QED) is 0.914. The number of rotatable bonds is 4. The average molecular weight is 288 g/mol. The van der Waals surface area contributed by atoms with Crippen molar-refractivity contribution in [3.05, 3.63) is 65.0 Å². The van der Waals surface area contributed by atoms with Crippen molar-refractivity contribution in [1.29, 1.82) is 0 Å². The molecule has 0 atom stereocenters. The number of aliphatic hydroxyl groups is 1. The van der Waals surface area contributed by atoms with E-state index in [9.17, 15) is 4.39 Å². The summed E-state index contributed by atoms with van der Waals surface area (Å²) in [6, 6.07) is 12.6. The predicted octanol–water partition coefficient (Wildman–Crippen LogP) is 4.19. The lowest BCUT2D eigenvalue weighted by molar-refractivity contribution is 0.276. The van der Waals surface area contributed by atoms with E-state index in [0.717, 1.165) is 5.56 Å². The molecule has 0 saturated heterocycles. The zero-order valence-corrected chi connectivity index (χ0v) is 12.7. The summed E-state index contributed by atoms with van der Waals surface area (Å²) in [6.07, 6.45) is 0. The minimum atomic E-state index is -0.451. The molecule has 21 heavy (non-hydrogen) atoms. The smallest absolute Gasteiger partial charge is 0.165 e. The van der Waals surface area contributed by atoms with Gasteiger partial charge >= 0.3 is 0 Å². The summed E-state index contributed by atoms with van der Waals surface area (Å²) >= 11 is 0. The number of hydrogen-bond acceptors (Lipinski definition) is 2. The molecule has 2 rings (SSSR count). The fourth-order valence-electron chi connectivity index (χ4n) is 2.02. The Kier molecular flexibility index (Phi) is 4.63. The van der Waals surface area contributed by atoms with Crippen LogP contribution in [-0.4, -0.2) is 5.11 Å². The maximum absolute atomic E-state index is 13.7. The molecule has 2 nitrogen and oxygen atoms in total. The van der Waals surface area contributed by atoms with Gasteiger partial charge in [-0.05, 0) is 34.2 Å². The van der Waals surface area contributed by atoms with Gasteiger partial charge in [0, 0.05) is 0 Å². The largest absolute Gasteiger partial charge is 0.486 e. The normalized spacial score (nSPS) is 11.5. The Morgan fingerprint density at radius 2 is 1.62 bits per heavy atom. The summed E-state index contributed by atoms with van der Waals surface area (Å²) in [5.41, 5.74) is 2.90. The summed E-state index contributed by atoms with van der Waals surface area (Å²) < 4.78 is 19.2. The second kappa shape index (κ2) is 6.27. The topological polar surface area (TPSA) is 29.5 Å². The van der Waals surface area contributed by atoms with Gasteiger partial charge in [-0.25, -0.2) is 4.39 Å². The van der Waals surface area contributed by atoms with Crippen LogP contribution in [0.1, 0.15) is 37.5 Å². The lowest BCUT2D eigenvalue weighted by atomic mass is 9.87. The van der Waals surface area contributed by atoms with Crippen LogP contribution in [0.5, 0.6) is 5.75 Å². The molecule has 0 amide bonds. The van der Waals surface area contributed by atoms with Gasteiger partial charge in [0.05, 0.1) is 6.61 Å². The fourth-order valence-corrected chi connectivity index (χ4v) is 2.02. The van der Waals surface area contributed by atoms with Gasteiger partial charge in [0.1, 0.15) is 6.61 Å². The van der Waals surface area contributed by atoms with E-state index < -0.39 is 5.82 Å². The molecule has 112 valence electrons. The first-order chi connectivity index (χ1) is 9.90. The van der Waals surface area contributed by atoms with Crippen molar-refractivity contribution in [3.63, 3.8) is 0 Å². The standard InChI is InChI=1S/C18H21FO2/c1-18(2,3)15-7-4-13(5-8-15)12-21-17-9-6-14(11-20)10-16(17)19/h4-10,20H,11-12H2,1-3H3. The summed E-state index contributed by atoms with van der Waals surface area (Å²) in [6.45, 7) is 6.63.